The highest BCUT2D eigenvalue weighted by atomic mass is 32.2. The maximum absolute atomic E-state index is 13.0. The van der Waals surface area contributed by atoms with Gasteiger partial charge in [0.1, 0.15) is 5.82 Å². The molecule has 1 amide bonds. The minimum atomic E-state index is -3.71. The summed E-state index contributed by atoms with van der Waals surface area (Å²) in [5.74, 6) is 0.319. The number of nitrogens with zero attached hydrogens (tertiary/aromatic N) is 2. The quantitative estimate of drug-likeness (QED) is 0.711. The molecule has 2 aromatic rings. The monoisotopic (exact) mass is 422 g/mol. The molecule has 1 aliphatic rings. The molecule has 1 aliphatic heterocycles. The molecule has 2 aromatic carbocycles. The Balaban J connectivity index is 1.65. The van der Waals surface area contributed by atoms with Gasteiger partial charge < -0.3 is 14.4 Å². The summed E-state index contributed by atoms with van der Waals surface area (Å²) < 4.78 is 50.6. The second-order valence-electron chi connectivity index (χ2n) is 6.60. The number of halogens is 1. The Morgan fingerprint density at radius 2 is 1.59 bits per heavy atom. The van der Waals surface area contributed by atoms with Crippen molar-refractivity contribution in [1.29, 1.82) is 0 Å². The molecule has 156 valence electrons. The molecule has 0 atom stereocenters. The fraction of sp³-hybridized carbons (Fsp3) is 0.350. The summed E-state index contributed by atoms with van der Waals surface area (Å²) in [6.07, 6.45) is 0.155. The maximum Gasteiger partial charge on any atom is 0.243 e. The highest BCUT2D eigenvalue weighted by Crippen LogP contribution is 2.30. The molecule has 1 heterocycles. The molecule has 0 spiro atoms. The van der Waals surface area contributed by atoms with Gasteiger partial charge in [-0.3, -0.25) is 4.79 Å². The van der Waals surface area contributed by atoms with Crippen LogP contribution in [0.3, 0.4) is 0 Å². The number of benzene rings is 2. The number of carbonyl (C=O) groups is 1. The van der Waals surface area contributed by atoms with E-state index in [-0.39, 0.29) is 36.1 Å². The van der Waals surface area contributed by atoms with E-state index in [2.05, 4.69) is 0 Å². The van der Waals surface area contributed by atoms with E-state index >= 15 is 0 Å². The van der Waals surface area contributed by atoms with Crippen LogP contribution >= 0.6 is 0 Å². The summed E-state index contributed by atoms with van der Waals surface area (Å²) in [6, 6.07) is 10.2. The van der Waals surface area contributed by atoms with Crippen LogP contribution in [0.2, 0.25) is 0 Å². The number of carbonyl (C=O) groups excluding carboxylic acids is 1. The lowest BCUT2D eigenvalue weighted by molar-refractivity contribution is -0.131. The van der Waals surface area contributed by atoms with Gasteiger partial charge in [0.2, 0.25) is 15.9 Å². The molecule has 9 heteroatoms. The Labute approximate surface area is 169 Å². The van der Waals surface area contributed by atoms with Crippen LogP contribution in [0.4, 0.5) is 4.39 Å². The number of ether oxygens (including phenoxy) is 2. The molecule has 7 nitrogen and oxygen atoms in total. The predicted molar refractivity (Wildman–Crippen MR) is 105 cm³/mol. The van der Waals surface area contributed by atoms with Crippen molar-refractivity contribution in [2.45, 2.75) is 11.3 Å². The number of methoxy groups -OCH3 is 2. The van der Waals surface area contributed by atoms with Crippen molar-refractivity contribution < 1.29 is 27.1 Å². The molecule has 0 unspecified atom stereocenters. The fourth-order valence-corrected chi connectivity index (χ4v) is 4.63. The third kappa shape index (κ3) is 4.68. The lowest BCUT2D eigenvalue weighted by atomic mass is 10.1. The van der Waals surface area contributed by atoms with Gasteiger partial charge in [-0.05, 0) is 29.8 Å². The van der Waals surface area contributed by atoms with E-state index in [1.807, 2.05) is 0 Å². The van der Waals surface area contributed by atoms with Crippen molar-refractivity contribution in [1.82, 2.24) is 9.21 Å². The number of hydrogen-bond acceptors (Lipinski definition) is 5. The number of sulfonamides is 1. The first-order valence-corrected chi connectivity index (χ1v) is 10.5. The van der Waals surface area contributed by atoms with Crippen LogP contribution < -0.4 is 9.47 Å². The Hall–Kier alpha value is -2.65. The number of rotatable bonds is 6. The molecule has 29 heavy (non-hydrogen) atoms. The second-order valence-corrected chi connectivity index (χ2v) is 8.54. The molecule has 0 aromatic heterocycles. The van der Waals surface area contributed by atoms with E-state index < -0.39 is 10.0 Å². The van der Waals surface area contributed by atoms with Gasteiger partial charge in [-0.2, -0.15) is 4.31 Å². The molecule has 1 saturated heterocycles. The van der Waals surface area contributed by atoms with E-state index in [9.17, 15) is 17.6 Å². The normalized spacial score (nSPS) is 15.2. The number of amides is 1. The van der Waals surface area contributed by atoms with Gasteiger partial charge in [0.25, 0.3) is 0 Å². The van der Waals surface area contributed by atoms with Crippen molar-refractivity contribution in [3.05, 3.63) is 53.8 Å². The lowest BCUT2D eigenvalue weighted by Gasteiger charge is -2.34. The van der Waals surface area contributed by atoms with Crippen molar-refractivity contribution in [3.63, 3.8) is 0 Å². The van der Waals surface area contributed by atoms with Crippen LogP contribution in [0.1, 0.15) is 5.56 Å². The van der Waals surface area contributed by atoms with Crippen LogP contribution in [0, 0.1) is 5.82 Å². The average Bonchev–Trinajstić information content (AvgIpc) is 2.74. The average molecular weight is 422 g/mol. The van der Waals surface area contributed by atoms with E-state index in [4.69, 9.17) is 9.47 Å². The number of hydrogen-bond donors (Lipinski definition) is 0. The van der Waals surface area contributed by atoms with Crippen molar-refractivity contribution in [2.24, 2.45) is 0 Å². The highest BCUT2D eigenvalue weighted by molar-refractivity contribution is 7.89. The SMILES string of the molecule is COc1ccc(S(=O)(=O)N2CCN(C(=O)Cc3ccc(F)cc3)CC2)cc1OC. The summed E-state index contributed by atoms with van der Waals surface area (Å²) in [5, 5.41) is 0. The zero-order valence-electron chi connectivity index (χ0n) is 16.3. The fourth-order valence-electron chi connectivity index (χ4n) is 3.19. The minimum absolute atomic E-state index is 0.111. The van der Waals surface area contributed by atoms with Crippen LogP contribution in [0.5, 0.6) is 11.5 Å². The van der Waals surface area contributed by atoms with E-state index in [0.29, 0.717) is 24.6 Å². The largest absolute Gasteiger partial charge is 0.493 e. The first-order valence-electron chi connectivity index (χ1n) is 9.09. The molecular weight excluding hydrogens is 399 g/mol. The Morgan fingerprint density at radius 3 is 2.17 bits per heavy atom. The zero-order chi connectivity index (χ0) is 21.0. The lowest BCUT2D eigenvalue weighted by Crippen LogP contribution is -2.50. The third-order valence-corrected chi connectivity index (χ3v) is 6.75. The Morgan fingerprint density at radius 1 is 0.966 bits per heavy atom. The summed E-state index contributed by atoms with van der Waals surface area (Å²) in [7, 11) is -0.790. The zero-order valence-corrected chi connectivity index (χ0v) is 17.1. The topological polar surface area (TPSA) is 76.2 Å². The van der Waals surface area contributed by atoms with Gasteiger partial charge >= 0.3 is 0 Å². The smallest absolute Gasteiger partial charge is 0.243 e. The van der Waals surface area contributed by atoms with Gasteiger partial charge in [-0.15, -0.1) is 0 Å². The van der Waals surface area contributed by atoms with Gasteiger partial charge in [-0.25, -0.2) is 12.8 Å². The van der Waals surface area contributed by atoms with Crippen LogP contribution in [-0.4, -0.2) is 63.9 Å². The number of piperazine rings is 1. The van der Waals surface area contributed by atoms with Crippen molar-refractivity contribution in [2.75, 3.05) is 40.4 Å². The predicted octanol–water partition coefficient (Wildman–Crippen LogP) is 1.92. The summed E-state index contributed by atoms with van der Waals surface area (Å²) in [6.45, 7) is 0.997. The maximum atomic E-state index is 13.0. The van der Waals surface area contributed by atoms with Gasteiger partial charge in [0.05, 0.1) is 25.5 Å². The van der Waals surface area contributed by atoms with Crippen LogP contribution in [0.25, 0.3) is 0 Å². The van der Waals surface area contributed by atoms with Crippen LogP contribution in [-0.2, 0) is 21.2 Å². The molecule has 0 aliphatic carbocycles. The molecule has 3 rings (SSSR count). The molecule has 0 saturated carbocycles. The summed E-state index contributed by atoms with van der Waals surface area (Å²) in [4.78, 5) is 14.2. The molecule has 1 fully saturated rings. The standard InChI is InChI=1S/C20H23FN2O5S/c1-27-18-8-7-17(14-19(18)28-2)29(25,26)23-11-9-22(10-12-23)20(24)13-15-3-5-16(21)6-4-15/h3-8,14H,9-13H2,1-2H3. The highest BCUT2D eigenvalue weighted by Gasteiger charge is 2.30. The van der Waals surface area contributed by atoms with Gasteiger partial charge in [0.15, 0.2) is 11.5 Å². The minimum Gasteiger partial charge on any atom is -0.493 e. The second kappa shape index (κ2) is 8.79. The molecule has 0 N–H and O–H groups in total. The van der Waals surface area contributed by atoms with E-state index in [1.165, 1.54) is 42.8 Å². The summed E-state index contributed by atoms with van der Waals surface area (Å²) in [5.41, 5.74) is 0.719. The van der Waals surface area contributed by atoms with Crippen molar-refractivity contribution in [3.8, 4) is 11.5 Å². The molecular formula is C20H23FN2O5S. The molecule has 0 bridgehead atoms. The van der Waals surface area contributed by atoms with E-state index in [0.717, 1.165) is 5.56 Å². The first kappa shape index (κ1) is 21.1. The Bertz CT molecular complexity index is 971. The Kier molecular flexibility index (Phi) is 6.39. The first-order chi connectivity index (χ1) is 13.8. The van der Waals surface area contributed by atoms with Crippen molar-refractivity contribution >= 4 is 15.9 Å². The van der Waals surface area contributed by atoms with Gasteiger partial charge in [-0.1, -0.05) is 12.1 Å². The van der Waals surface area contributed by atoms with Gasteiger partial charge in [0, 0.05) is 32.2 Å². The van der Waals surface area contributed by atoms with E-state index in [1.54, 1.807) is 23.1 Å². The summed E-state index contributed by atoms with van der Waals surface area (Å²) >= 11 is 0. The third-order valence-electron chi connectivity index (χ3n) is 4.85. The molecule has 0 radical (unpaired) electrons. The van der Waals surface area contributed by atoms with Crippen LogP contribution in [0.15, 0.2) is 47.4 Å².